The number of halogens is 1. The van der Waals surface area contributed by atoms with Crippen LogP contribution in [-0.2, 0) is 12.8 Å². The second kappa shape index (κ2) is 3.40. The normalized spacial score (nSPS) is 23.5. The van der Waals surface area contributed by atoms with E-state index in [0.717, 1.165) is 3.92 Å². The zero-order valence-corrected chi connectivity index (χ0v) is 9.89. The van der Waals surface area contributed by atoms with Crippen molar-refractivity contribution >= 4 is 19.8 Å². The van der Waals surface area contributed by atoms with Gasteiger partial charge in [0.25, 0.3) is 0 Å². The molecule has 2 rings (SSSR count). The van der Waals surface area contributed by atoms with E-state index < -0.39 is 19.8 Å². The Hall–Kier alpha value is 0.01000. The Morgan fingerprint density at radius 3 is 3.08 bits per heavy atom. The summed E-state index contributed by atoms with van der Waals surface area (Å²) in [6, 6.07) is 2.27. The number of hydrogen-bond donors (Lipinski definition) is 1. The molecule has 0 spiro atoms. The topological polar surface area (TPSA) is 15.8 Å². The summed E-state index contributed by atoms with van der Waals surface area (Å²) in [5.74, 6) is 0. The second-order valence-corrected chi connectivity index (χ2v) is 10.0. The summed E-state index contributed by atoms with van der Waals surface area (Å²) in [5.41, 5.74) is 3.10. The van der Waals surface area contributed by atoms with Gasteiger partial charge in [0.1, 0.15) is 0 Å². The van der Waals surface area contributed by atoms with Crippen molar-refractivity contribution < 1.29 is 0 Å². The molecular weight excluding hydrogens is 261 g/mol. The molecule has 2 heteroatoms. The number of rotatable bonds is 1. The van der Waals surface area contributed by atoms with E-state index in [4.69, 9.17) is 0 Å². The zero-order chi connectivity index (χ0) is 8.55. The second-order valence-electron chi connectivity index (χ2n) is 3.64. The first kappa shape index (κ1) is 8.60. The van der Waals surface area contributed by atoms with Gasteiger partial charge in [-0.15, -0.1) is 0 Å². The van der Waals surface area contributed by atoms with Crippen LogP contribution in [0.1, 0.15) is 17.7 Å². The SMILES string of the molecule is CI(C)C1CCc2[nH]ccc2C1. The van der Waals surface area contributed by atoms with Gasteiger partial charge in [-0.3, -0.25) is 0 Å². The number of aromatic nitrogens is 1. The van der Waals surface area contributed by atoms with Crippen molar-refractivity contribution in [3.8, 4) is 0 Å². The van der Waals surface area contributed by atoms with E-state index >= 15 is 0 Å². The molecule has 1 aromatic heterocycles. The minimum absolute atomic E-state index is 0.558. The van der Waals surface area contributed by atoms with Gasteiger partial charge in [-0.05, 0) is 0 Å². The maximum absolute atomic E-state index is 3.33. The summed E-state index contributed by atoms with van der Waals surface area (Å²) in [6.07, 6.45) is 6.18. The van der Waals surface area contributed by atoms with Gasteiger partial charge in [0.2, 0.25) is 0 Å². The molecule has 1 N–H and O–H groups in total. The van der Waals surface area contributed by atoms with Gasteiger partial charge in [-0.1, -0.05) is 0 Å². The van der Waals surface area contributed by atoms with Crippen LogP contribution in [0.4, 0.5) is 0 Å². The first-order valence-corrected chi connectivity index (χ1v) is 9.97. The Morgan fingerprint density at radius 2 is 2.33 bits per heavy atom. The third-order valence-electron chi connectivity index (χ3n) is 2.70. The molecule has 12 heavy (non-hydrogen) atoms. The third kappa shape index (κ3) is 1.53. The number of hydrogen-bond acceptors (Lipinski definition) is 0. The Balaban J connectivity index is 2.15. The van der Waals surface area contributed by atoms with Crippen molar-refractivity contribution in [1.82, 2.24) is 4.98 Å². The van der Waals surface area contributed by atoms with Crippen LogP contribution in [0.15, 0.2) is 12.3 Å². The number of aromatic amines is 1. The van der Waals surface area contributed by atoms with Crippen LogP contribution in [0, 0.1) is 0 Å². The zero-order valence-electron chi connectivity index (χ0n) is 7.73. The van der Waals surface area contributed by atoms with Gasteiger partial charge in [0, 0.05) is 0 Å². The number of alkyl halides is 3. The summed E-state index contributed by atoms with van der Waals surface area (Å²) < 4.78 is 1.07. The summed E-state index contributed by atoms with van der Waals surface area (Å²) in [5, 5.41) is 0. The third-order valence-corrected chi connectivity index (χ3v) is 7.28. The van der Waals surface area contributed by atoms with Crippen LogP contribution in [0.3, 0.4) is 0 Å². The number of H-pyrrole nitrogens is 1. The number of nitrogens with one attached hydrogen (secondary N) is 1. The van der Waals surface area contributed by atoms with Crippen molar-refractivity contribution in [2.75, 3.05) is 9.86 Å². The van der Waals surface area contributed by atoms with Gasteiger partial charge >= 0.3 is 81.4 Å². The molecule has 0 amide bonds. The molecule has 1 nitrogen and oxygen atoms in total. The maximum atomic E-state index is 3.33. The Morgan fingerprint density at radius 1 is 1.50 bits per heavy atom. The quantitative estimate of drug-likeness (QED) is 0.600. The Labute approximate surface area is 81.3 Å². The fourth-order valence-electron chi connectivity index (χ4n) is 1.87. The number of aryl methyl sites for hydroxylation is 1. The van der Waals surface area contributed by atoms with Crippen molar-refractivity contribution in [1.29, 1.82) is 0 Å². The molecule has 1 unspecified atom stereocenters. The monoisotopic (exact) mass is 277 g/mol. The summed E-state index contributed by atoms with van der Waals surface area (Å²) >= 11 is -0.558. The molecule has 68 valence electrons. The van der Waals surface area contributed by atoms with E-state index in [2.05, 4.69) is 27.1 Å². The first-order chi connectivity index (χ1) is 5.77. The first-order valence-electron chi connectivity index (χ1n) is 4.41. The molecule has 1 heterocycles. The van der Waals surface area contributed by atoms with Crippen LogP contribution in [0.25, 0.3) is 0 Å². The molecule has 0 aromatic carbocycles. The van der Waals surface area contributed by atoms with Crippen molar-refractivity contribution in [2.24, 2.45) is 0 Å². The minimum atomic E-state index is -0.558. The van der Waals surface area contributed by atoms with Crippen LogP contribution >= 0.6 is 19.8 Å². The molecule has 0 fully saturated rings. The van der Waals surface area contributed by atoms with Crippen LogP contribution in [-0.4, -0.2) is 18.8 Å². The van der Waals surface area contributed by atoms with E-state index in [9.17, 15) is 0 Å². The Bertz CT molecular complexity index is 265. The molecule has 1 atom stereocenters. The van der Waals surface area contributed by atoms with E-state index in [1.807, 2.05) is 0 Å². The van der Waals surface area contributed by atoms with E-state index in [-0.39, 0.29) is 0 Å². The van der Waals surface area contributed by atoms with Crippen LogP contribution in [0.5, 0.6) is 0 Å². The molecule has 1 aromatic rings. The molecule has 0 bridgehead atoms. The van der Waals surface area contributed by atoms with Gasteiger partial charge in [-0.2, -0.15) is 0 Å². The van der Waals surface area contributed by atoms with E-state index in [1.165, 1.54) is 25.0 Å². The molecule has 0 aliphatic heterocycles. The van der Waals surface area contributed by atoms with Crippen molar-refractivity contribution in [3.63, 3.8) is 0 Å². The average molecular weight is 277 g/mol. The van der Waals surface area contributed by atoms with Gasteiger partial charge in [0.05, 0.1) is 0 Å². The molecule has 0 saturated carbocycles. The van der Waals surface area contributed by atoms with Gasteiger partial charge in [-0.25, -0.2) is 0 Å². The van der Waals surface area contributed by atoms with Crippen LogP contribution in [0.2, 0.25) is 0 Å². The van der Waals surface area contributed by atoms with Crippen molar-refractivity contribution in [3.05, 3.63) is 23.5 Å². The fraction of sp³-hybridized carbons (Fsp3) is 0.600. The van der Waals surface area contributed by atoms with Crippen molar-refractivity contribution in [2.45, 2.75) is 23.2 Å². The van der Waals surface area contributed by atoms with Gasteiger partial charge in [0.15, 0.2) is 0 Å². The molecule has 1 aliphatic rings. The Kier molecular flexibility index (Phi) is 2.44. The predicted molar refractivity (Wildman–Crippen MR) is 62.5 cm³/mol. The molecular formula is C10H16IN. The standard InChI is InChI=1S/C10H16IN/c1-11(2)9-3-4-10-8(7-9)5-6-12-10/h5-6,9,12H,3-4,7H2,1-2H3. The predicted octanol–water partition coefficient (Wildman–Crippen LogP) is 2.64. The fourth-order valence-corrected chi connectivity index (χ4v) is 4.79. The van der Waals surface area contributed by atoms with E-state index in [0.29, 0.717) is 0 Å². The van der Waals surface area contributed by atoms with Gasteiger partial charge < -0.3 is 0 Å². The molecule has 1 aliphatic carbocycles. The molecule has 0 saturated heterocycles. The van der Waals surface area contributed by atoms with E-state index in [1.54, 1.807) is 5.56 Å². The number of fused-ring (bicyclic) bond motifs is 1. The van der Waals surface area contributed by atoms with Crippen LogP contribution < -0.4 is 0 Å². The average Bonchev–Trinajstić information content (AvgIpc) is 2.49. The summed E-state index contributed by atoms with van der Waals surface area (Å²) in [4.78, 5) is 8.32. The summed E-state index contributed by atoms with van der Waals surface area (Å²) in [7, 11) is 0. The molecule has 0 radical (unpaired) electrons. The summed E-state index contributed by atoms with van der Waals surface area (Å²) in [6.45, 7) is 0.